The normalized spacial score (nSPS) is 10.2. The maximum atomic E-state index is 11.7. The van der Waals surface area contributed by atoms with Gasteiger partial charge in [-0.15, -0.1) is 0 Å². The number of benzene rings is 1. The number of para-hydroxylation sites is 2. The Bertz CT molecular complexity index is 634. The maximum Gasteiger partial charge on any atom is 0.356 e. The first kappa shape index (κ1) is 13.8. The predicted molar refractivity (Wildman–Crippen MR) is 74.1 cm³/mol. The molecular formula is C14H15N3O3. The molecule has 0 bridgehead atoms. The third-order valence-electron chi connectivity index (χ3n) is 2.71. The van der Waals surface area contributed by atoms with Gasteiger partial charge in [0.2, 0.25) is 5.91 Å². The SMILES string of the molecule is CCCC(=O)Nc1ccccc1-n1ccc(C(=O)O)n1. The summed E-state index contributed by atoms with van der Waals surface area (Å²) in [6.07, 6.45) is 2.75. The zero-order chi connectivity index (χ0) is 14.5. The van der Waals surface area contributed by atoms with Crippen LogP contribution in [0.5, 0.6) is 0 Å². The molecule has 0 fully saturated rings. The van der Waals surface area contributed by atoms with Crippen molar-refractivity contribution < 1.29 is 14.7 Å². The van der Waals surface area contributed by atoms with Crippen molar-refractivity contribution in [3.8, 4) is 5.69 Å². The van der Waals surface area contributed by atoms with Gasteiger partial charge in [0.15, 0.2) is 5.69 Å². The first-order chi connectivity index (χ1) is 9.61. The summed E-state index contributed by atoms with van der Waals surface area (Å²) in [5.41, 5.74) is 1.19. The predicted octanol–water partition coefficient (Wildman–Crippen LogP) is 2.31. The Morgan fingerprint density at radius 3 is 2.70 bits per heavy atom. The Morgan fingerprint density at radius 1 is 1.30 bits per heavy atom. The minimum Gasteiger partial charge on any atom is -0.476 e. The number of aromatic carboxylic acids is 1. The Balaban J connectivity index is 2.31. The molecule has 0 atom stereocenters. The highest BCUT2D eigenvalue weighted by molar-refractivity contribution is 5.92. The van der Waals surface area contributed by atoms with E-state index < -0.39 is 5.97 Å². The van der Waals surface area contributed by atoms with E-state index in [4.69, 9.17) is 5.11 Å². The molecule has 2 N–H and O–H groups in total. The lowest BCUT2D eigenvalue weighted by Gasteiger charge is -2.10. The van der Waals surface area contributed by atoms with E-state index in [1.807, 2.05) is 6.92 Å². The first-order valence-corrected chi connectivity index (χ1v) is 6.30. The van der Waals surface area contributed by atoms with Gasteiger partial charge in [-0.25, -0.2) is 9.48 Å². The second-order valence-corrected chi connectivity index (χ2v) is 4.27. The standard InChI is InChI=1S/C14H15N3O3/c1-2-5-13(18)15-10-6-3-4-7-12(10)17-9-8-11(16-17)14(19)20/h3-4,6-9H,2,5H2,1H3,(H,15,18)(H,19,20). The summed E-state index contributed by atoms with van der Waals surface area (Å²) < 4.78 is 1.44. The topological polar surface area (TPSA) is 84.2 Å². The first-order valence-electron chi connectivity index (χ1n) is 6.30. The van der Waals surface area contributed by atoms with Gasteiger partial charge in [-0.2, -0.15) is 5.10 Å². The number of carbonyl (C=O) groups is 2. The largest absolute Gasteiger partial charge is 0.476 e. The summed E-state index contributed by atoms with van der Waals surface area (Å²) in [7, 11) is 0. The number of anilines is 1. The molecule has 20 heavy (non-hydrogen) atoms. The van der Waals surface area contributed by atoms with Crippen LogP contribution in [0.25, 0.3) is 5.69 Å². The Morgan fingerprint density at radius 2 is 2.05 bits per heavy atom. The van der Waals surface area contributed by atoms with Crippen LogP contribution in [-0.4, -0.2) is 26.8 Å². The minimum absolute atomic E-state index is 0.0420. The average molecular weight is 273 g/mol. The summed E-state index contributed by atoms with van der Waals surface area (Å²) in [6.45, 7) is 1.93. The van der Waals surface area contributed by atoms with Gasteiger partial charge < -0.3 is 10.4 Å². The van der Waals surface area contributed by atoms with Crippen molar-refractivity contribution in [3.05, 3.63) is 42.2 Å². The van der Waals surface area contributed by atoms with Gasteiger partial charge in [0, 0.05) is 12.6 Å². The fourth-order valence-corrected chi connectivity index (χ4v) is 1.79. The molecule has 0 saturated carbocycles. The van der Waals surface area contributed by atoms with Gasteiger partial charge in [-0.1, -0.05) is 19.1 Å². The molecule has 0 saturated heterocycles. The van der Waals surface area contributed by atoms with Gasteiger partial charge in [0.25, 0.3) is 0 Å². The molecular weight excluding hydrogens is 258 g/mol. The van der Waals surface area contributed by atoms with E-state index in [1.165, 1.54) is 10.7 Å². The molecule has 1 amide bonds. The van der Waals surface area contributed by atoms with Crippen LogP contribution in [0.2, 0.25) is 0 Å². The lowest BCUT2D eigenvalue weighted by molar-refractivity contribution is -0.116. The van der Waals surface area contributed by atoms with E-state index >= 15 is 0 Å². The smallest absolute Gasteiger partial charge is 0.356 e. The van der Waals surface area contributed by atoms with Crippen molar-refractivity contribution in [1.82, 2.24) is 9.78 Å². The number of nitrogens with one attached hydrogen (secondary N) is 1. The van der Waals surface area contributed by atoms with Gasteiger partial charge in [0.05, 0.1) is 11.4 Å². The van der Waals surface area contributed by atoms with E-state index in [-0.39, 0.29) is 11.6 Å². The zero-order valence-electron chi connectivity index (χ0n) is 11.0. The molecule has 1 aromatic carbocycles. The summed E-state index contributed by atoms with van der Waals surface area (Å²) in [6, 6.07) is 8.53. The molecule has 1 heterocycles. The van der Waals surface area contributed by atoms with Crippen molar-refractivity contribution in [3.63, 3.8) is 0 Å². The van der Waals surface area contributed by atoms with Crippen LogP contribution in [0.1, 0.15) is 30.3 Å². The van der Waals surface area contributed by atoms with E-state index in [1.54, 1.807) is 30.5 Å². The van der Waals surface area contributed by atoms with Crippen LogP contribution in [-0.2, 0) is 4.79 Å². The Kier molecular flexibility index (Phi) is 4.14. The van der Waals surface area contributed by atoms with Crippen molar-refractivity contribution in [2.24, 2.45) is 0 Å². The highest BCUT2D eigenvalue weighted by atomic mass is 16.4. The molecule has 2 rings (SSSR count). The number of aromatic nitrogens is 2. The highest BCUT2D eigenvalue weighted by Crippen LogP contribution is 2.19. The van der Waals surface area contributed by atoms with Crippen LogP contribution in [0, 0.1) is 0 Å². The summed E-state index contributed by atoms with van der Waals surface area (Å²) in [5, 5.41) is 15.6. The van der Waals surface area contributed by atoms with Crippen molar-refractivity contribution in [1.29, 1.82) is 0 Å². The average Bonchev–Trinajstić information content (AvgIpc) is 2.89. The zero-order valence-corrected chi connectivity index (χ0v) is 11.0. The summed E-state index contributed by atoms with van der Waals surface area (Å²) in [5.74, 6) is -1.16. The molecule has 0 aliphatic rings. The number of carbonyl (C=O) groups excluding carboxylic acids is 1. The quantitative estimate of drug-likeness (QED) is 0.875. The van der Waals surface area contributed by atoms with Crippen LogP contribution >= 0.6 is 0 Å². The summed E-state index contributed by atoms with van der Waals surface area (Å²) in [4.78, 5) is 22.5. The summed E-state index contributed by atoms with van der Waals surface area (Å²) >= 11 is 0. The number of hydrogen-bond donors (Lipinski definition) is 2. The lowest BCUT2D eigenvalue weighted by atomic mass is 10.2. The molecule has 104 valence electrons. The monoisotopic (exact) mass is 273 g/mol. The Hall–Kier alpha value is -2.63. The number of rotatable bonds is 5. The Labute approximate surface area is 116 Å². The number of carboxylic acid groups (broad SMARTS) is 1. The van der Waals surface area contributed by atoms with Crippen LogP contribution < -0.4 is 5.32 Å². The highest BCUT2D eigenvalue weighted by Gasteiger charge is 2.11. The van der Waals surface area contributed by atoms with Crippen molar-refractivity contribution in [2.45, 2.75) is 19.8 Å². The van der Waals surface area contributed by atoms with Gasteiger partial charge in [-0.05, 0) is 24.6 Å². The molecule has 0 spiro atoms. The molecule has 0 unspecified atom stereocenters. The van der Waals surface area contributed by atoms with E-state index in [0.717, 1.165) is 6.42 Å². The molecule has 1 aromatic heterocycles. The molecule has 6 heteroatoms. The van der Waals surface area contributed by atoms with Gasteiger partial charge >= 0.3 is 5.97 Å². The molecule has 6 nitrogen and oxygen atoms in total. The third-order valence-corrected chi connectivity index (χ3v) is 2.71. The van der Waals surface area contributed by atoms with Crippen LogP contribution in [0.15, 0.2) is 36.5 Å². The van der Waals surface area contributed by atoms with E-state index in [9.17, 15) is 9.59 Å². The second-order valence-electron chi connectivity index (χ2n) is 4.27. The fraction of sp³-hybridized carbons (Fsp3) is 0.214. The van der Waals surface area contributed by atoms with Crippen molar-refractivity contribution >= 4 is 17.6 Å². The number of amides is 1. The third kappa shape index (κ3) is 3.03. The van der Waals surface area contributed by atoms with E-state index in [2.05, 4.69) is 10.4 Å². The number of hydrogen-bond acceptors (Lipinski definition) is 3. The maximum absolute atomic E-state index is 11.7. The number of nitrogens with zero attached hydrogens (tertiary/aromatic N) is 2. The van der Waals surface area contributed by atoms with Crippen LogP contribution in [0.4, 0.5) is 5.69 Å². The van der Waals surface area contributed by atoms with E-state index in [0.29, 0.717) is 17.8 Å². The van der Waals surface area contributed by atoms with Gasteiger partial charge in [0.1, 0.15) is 0 Å². The molecule has 0 radical (unpaired) electrons. The van der Waals surface area contributed by atoms with Crippen LogP contribution in [0.3, 0.4) is 0 Å². The van der Waals surface area contributed by atoms with Gasteiger partial charge in [-0.3, -0.25) is 4.79 Å². The minimum atomic E-state index is -1.09. The second kappa shape index (κ2) is 6.01. The lowest BCUT2D eigenvalue weighted by Crippen LogP contribution is -2.13. The molecule has 2 aromatic rings. The molecule has 0 aliphatic heterocycles. The fourth-order valence-electron chi connectivity index (χ4n) is 1.79. The molecule has 0 aliphatic carbocycles. The number of carboxylic acids is 1. The van der Waals surface area contributed by atoms with Crippen molar-refractivity contribution in [2.75, 3.05) is 5.32 Å².